The fourth-order valence-corrected chi connectivity index (χ4v) is 3.60. The lowest BCUT2D eigenvalue weighted by Gasteiger charge is -2.34. The minimum atomic E-state index is -0.606. The number of benzene rings is 1. The maximum atomic E-state index is 11.1. The Bertz CT molecular complexity index is 450. The fourth-order valence-electron chi connectivity index (χ4n) is 3.60. The van der Waals surface area contributed by atoms with Gasteiger partial charge in [-0.15, -0.1) is 0 Å². The van der Waals surface area contributed by atoms with Gasteiger partial charge in [0.05, 0.1) is 5.60 Å². The average Bonchev–Trinajstić information content (AvgIpc) is 2.51. The molecule has 2 atom stereocenters. The summed E-state index contributed by atoms with van der Waals surface area (Å²) in [6.07, 6.45) is 9.32. The number of aliphatic hydroxyl groups is 1. The lowest BCUT2D eigenvalue weighted by molar-refractivity contribution is 0.0162. The van der Waals surface area contributed by atoms with E-state index in [1.165, 1.54) is 36.8 Å². The lowest BCUT2D eigenvalue weighted by Crippen LogP contribution is -2.33. The molecule has 0 aliphatic carbocycles. The van der Waals surface area contributed by atoms with Crippen molar-refractivity contribution < 1.29 is 5.11 Å². The molecule has 0 fully saturated rings. The van der Waals surface area contributed by atoms with Gasteiger partial charge in [-0.05, 0) is 36.3 Å². The van der Waals surface area contributed by atoms with E-state index >= 15 is 0 Å². The SMILES string of the molecule is CCCCCCCC(C)(O)C(CCC)c1ccc(C(C)(C)C)cc1. The zero-order chi connectivity index (χ0) is 18.2. The second-order valence-electron chi connectivity index (χ2n) is 8.73. The van der Waals surface area contributed by atoms with Crippen LogP contribution in [0.1, 0.15) is 110 Å². The van der Waals surface area contributed by atoms with E-state index in [1.54, 1.807) is 0 Å². The highest BCUT2D eigenvalue weighted by Gasteiger charge is 2.32. The number of hydrogen-bond donors (Lipinski definition) is 1. The normalized spacial score (nSPS) is 16.0. The van der Waals surface area contributed by atoms with Crippen molar-refractivity contribution in [1.29, 1.82) is 0 Å². The molecule has 0 saturated heterocycles. The number of rotatable bonds is 10. The van der Waals surface area contributed by atoms with Crippen molar-refractivity contribution in [1.82, 2.24) is 0 Å². The molecule has 138 valence electrons. The van der Waals surface area contributed by atoms with Gasteiger partial charge in [-0.25, -0.2) is 0 Å². The maximum absolute atomic E-state index is 11.1. The highest BCUT2D eigenvalue weighted by molar-refractivity contribution is 5.30. The lowest BCUT2D eigenvalue weighted by atomic mass is 9.76. The van der Waals surface area contributed by atoms with Gasteiger partial charge in [0.2, 0.25) is 0 Å². The second kappa shape index (κ2) is 9.61. The van der Waals surface area contributed by atoms with Gasteiger partial charge in [-0.3, -0.25) is 0 Å². The molecule has 1 heteroatoms. The molecular weight excluding hydrogens is 292 g/mol. The Labute approximate surface area is 150 Å². The molecule has 24 heavy (non-hydrogen) atoms. The smallest absolute Gasteiger partial charge is 0.0688 e. The third-order valence-electron chi connectivity index (χ3n) is 5.29. The molecule has 1 N–H and O–H groups in total. The third kappa shape index (κ3) is 6.59. The minimum absolute atomic E-state index is 0.181. The first kappa shape index (κ1) is 21.2. The summed E-state index contributed by atoms with van der Waals surface area (Å²) in [5.74, 6) is 0.239. The van der Waals surface area contributed by atoms with Gasteiger partial charge < -0.3 is 5.11 Å². The molecule has 0 aliphatic rings. The van der Waals surface area contributed by atoms with Crippen LogP contribution in [0.25, 0.3) is 0 Å². The molecular formula is C23H40O. The van der Waals surface area contributed by atoms with Crippen molar-refractivity contribution in [3.63, 3.8) is 0 Å². The molecule has 0 saturated carbocycles. The van der Waals surface area contributed by atoms with E-state index in [0.29, 0.717) is 0 Å². The van der Waals surface area contributed by atoms with Gasteiger partial charge in [-0.1, -0.05) is 97.4 Å². The molecule has 0 aliphatic heterocycles. The van der Waals surface area contributed by atoms with E-state index in [1.807, 2.05) is 6.92 Å². The van der Waals surface area contributed by atoms with Gasteiger partial charge in [0.15, 0.2) is 0 Å². The van der Waals surface area contributed by atoms with Crippen molar-refractivity contribution in [3.8, 4) is 0 Å². The Morgan fingerprint density at radius 3 is 1.92 bits per heavy atom. The summed E-state index contributed by atoms with van der Waals surface area (Å²) in [7, 11) is 0. The molecule has 1 aromatic carbocycles. The molecule has 0 aromatic heterocycles. The van der Waals surface area contributed by atoms with Gasteiger partial charge >= 0.3 is 0 Å². The summed E-state index contributed by atoms with van der Waals surface area (Å²) in [5.41, 5.74) is 2.23. The van der Waals surface area contributed by atoms with Crippen molar-refractivity contribution in [3.05, 3.63) is 35.4 Å². The van der Waals surface area contributed by atoms with Crippen LogP contribution >= 0.6 is 0 Å². The molecule has 1 rings (SSSR count). The molecule has 1 aromatic rings. The molecule has 0 heterocycles. The van der Waals surface area contributed by atoms with Crippen LogP contribution in [0.15, 0.2) is 24.3 Å². The summed E-state index contributed by atoms with van der Waals surface area (Å²) in [4.78, 5) is 0. The van der Waals surface area contributed by atoms with Gasteiger partial charge in [-0.2, -0.15) is 0 Å². The predicted molar refractivity (Wildman–Crippen MR) is 107 cm³/mol. The quantitative estimate of drug-likeness (QED) is 0.458. The van der Waals surface area contributed by atoms with Crippen LogP contribution in [0.4, 0.5) is 0 Å². The zero-order valence-electron chi connectivity index (χ0n) is 17.0. The molecule has 0 spiro atoms. The first-order valence-corrected chi connectivity index (χ1v) is 10.0. The van der Waals surface area contributed by atoms with Crippen molar-refractivity contribution >= 4 is 0 Å². The predicted octanol–water partition coefficient (Wildman–Crippen LogP) is 6.98. The van der Waals surface area contributed by atoms with Gasteiger partial charge in [0.25, 0.3) is 0 Å². The van der Waals surface area contributed by atoms with Crippen molar-refractivity contribution in [2.24, 2.45) is 0 Å². The molecule has 0 radical (unpaired) electrons. The largest absolute Gasteiger partial charge is 0.390 e. The van der Waals surface area contributed by atoms with Crippen LogP contribution in [0.5, 0.6) is 0 Å². The van der Waals surface area contributed by atoms with Crippen LogP contribution in [-0.2, 0) is 5.41 Å². The highest BCUT2D eigenvalue weighted by Crippen LogP contribution is 2.37. The van der Waals surface area contributed by atoms with E-state index in [2.05, 4.69) is 58.9 Å². The maximum Gasteiger partial charge on any atom is 0.0688 e. The summed E-state index contributed by atoms with van der Waals surface area (Å²) in [6.45, 7) is 13.3. The standard InChI is InChI=1S/C23H40O/c1-7-9-10-11-12-18-23(6,24)21(13-8-2)19-14-16-20(17-15-19)22(3,4)5/h14-17,21,24H,7-13,18H2,1-6H3. The van der Waals surface area contributed by atoms with E-state index in [4.69, 9.17) is 0 Å². The third-order valence-corrected chi connectivity index (χ3v) is 5.29. The summed E-state index contributed by atoms with van der Waals surface area (Å²) in [6, 6.07) is 8.98. The van der Waals surface area contributed by atoms with Crippen LogP contribution in [0, 0.1) is 0 Å². The Morgan fingerprint density at radius 1 is 0.833 bits per heavy atom. The van der Waals surface area contributed by atoms with Gasteiger partial charge in [0, 0.05) is 5.92 Å². The molecule has 0 amide bonds. The van der Waals surface area contributed by atoms with E-state index < -0.39 is 5.60 Å². The van der Waals surface area contributed by atoms with Crippen LogP contribution in [0.2, 0.25) is 0 Å². The topological polar surface area (TPSA) is 20.2 Å². The summed E-state index contributed by atoms with van der Waals surface area (Å²) < 4.78 is 0. The second-order valence-corrected chi connectivity index (χ2v) is 8.73. The Kier molecular flexibility index (Phi) is 8.50. The molecule has 1 nitrogen and oxygen atoms in total. The van der Waals surface area contributed by atoms with E-state index in [9.17, 15) is 5.11 Å². The Hall–Kier alpha value is -0.820. The Balaban J connectivity index is 2.80. The average molecular weight is 333 g/mol. The van der Waals surface area contributed by atoms with Crippen LogP contribution < -0.4 is 0 Å². The monoisotopic (exact) mass is 332 g/mol. The summed E-state index contributed by atoms with van der Waals surface area (Å²) in [5, 5.41) is 11.1. The van der Waals surface area contributed by atoms with Gasteiger partial charge in [0.1, 0.15) is 0 Å². The van der Waals surface area contributed by atoms with Crippen molar-refractivity contribution in [2.45, 2.75) is 110 Å². The first-order chi connectivity index (χ1) is 11.2. The minimum Gasteiger partial charge on any atom is -0.390 e. The van der Waals surface area contributed by atoms with Crippen LogP contribution in [0.3, 0.4) is 0 Å². The fraction of sp³-hybridized carbons (Fsp3) is 0.739. The molecule has 0 bridgehead atoms. The van der Waals surface area contributed by atoms with E-state index in [-0.39, 0.29) is 11.3 Å². The highest BCUT2D eigenvalue weighted by atomic mass is 16.3. The molecule has 2 unspecified atom stereocenters. The summed E-state index contributed by atoms with van der Waals surface area (Å²) >= 11 is 0. The van der Waals surface area contributed by atoms with Crippen LogP contribution in [-0.4, -0.2) is 10.7 Å². The van der Waals surface area contributed by atoms with E-state index in [0.717, 1.165) is 25.7 Å². The zero-order valence-corrected chi connectivity index (χ0v) is 17.0. The number of hydrogen-bond acceptors (Lipinski definition) is 1. The number of unbranched alkanes of at least 4 members (excludes halogenated alkanes) is 4. The Morgan fingerprint density at radius 2 is 1.42 bits per heavy atom. The first-order valence-electron chi connectivity index (χ1n) is 10.0. The van der Waals surface area contributed by atoms with Crippen molar-refractivity contribution in [2.75, 3.05) is 0 Å².